The number of nitrogens with one attached hydrogen (secondary N) is 2. The molecule has 0 fully saturated rings. The summed E-state index contributed by atoms with van der Waals surface area (Å²) in [5, 5.41) is 5.91. The van der Waals surface area contributed by atoms with E-state index in [9.17, 15) is 9.59 Å². The number of nitrogens with two attached hydrogens (primary N) is 1. The van der Waals surface area contributed by atoms with Crippen LogP contribution >= 0.6 is 11.6 Å². The first-order chi connectivity index (χ1) is 11.8. The van der Waals surface area contributed by atoms with Crippen molar-refractivity contribution in [3.8, 4) is 5.75 Å². The van der Waals surface area contributed by atoms with Crippen molar-refractivity contribution in [3.05, 3.63) is 59.1 Å². The van der Waals surface area contributed by atoms with Crippen LogP contribution in [0.15, 0.2) is 48.5 Å². The minimum Gasteiger partial charge on any atom is -0.481 e. The zero-order valence-corrected chi connectivity index (χ0v) is 14.7. The molecule has 6 nitrogen and oxygen atoms in total. The number of hydrogen-bond acceptors (Lipinski definition) is 3. The van der Waals surface area contributed by atoms with E-state index < -0.39 is 12.1 Å². The molecular weight excluding hydrogens is 342 g/mol. The predicted octanol–water partition coefficient (Wildman–Crippen LogP) is 3.48. The van der Waals surface area contributed by atoms with Gasteiger partial charge < -0.3 is 21.1 Å². The van der Waals surface area contributed by atoms with Gasteiger partial charge in [-0.2, -0.15) is 0 Å². The highest BCUT2D eigenvalue weighted by atomic mass is 35.5. The Morgan fingerprint density at radius 1 is 1.12 bits per heavy atom. The van der Waals surface area contributed by atoms with Gasteiger partial charge in [0.05, 0.1) is 6.04 Å². The van der Waals surface area contributed by atoms with Crippen LogP contribution in [0.25, 0.3) is 0 Å². The van der Waals surface area contributed by atoms with E-state index >= 15 is 0 Å². The smallest absolute Gasteiger partial charge is 0.316 e. The molecule has 3 amide bonds. The monoisotopic (exact) mass is 361 g/mol. The molecule has 132 valence electrons. The van der Waals surface area contributed by atoms with Gasteiger partial charge in [0.1, 0.15) is 5.75 Å². The maximum atomic E-state index is 12.3. The Morgan fingerprint density at radius 2 is 1.80 bits per heavy atom. The highest BCUT2D eigenvalue weighted by molar-refractivity contribution is 6.30. The zero-order valence-electron chi connectivity index (χ0n) is 14.0. The highest BCUT2D eigenvalue weighted by Gasteiger charge is 2.18. The number of benzene rings is 2. The molecule has 2 rings (SSSR count). The molecule has 0 aliphatic carbocycles. The second-order valence-corrected chi connectivity index (χ2v) is 6.00. The van der Waals surface area contributed by atoms with Crippen LogP contribution in [0.1, 0.15) is 25.5 Å². The van der Waals surface area contributed by atoms with Gasteiger partial charge in [-0.1, -0.05) is 29.8 Å². The van der Waals surface area contributed by atoms with E-state index in [1.165, 1.54) is 0 Å². The molecule has 0 radical (unpaired) electrons. The Kier molecular flexibility index (Phi) is 6.25. The van der Waals surface area contributed by atoms with Crippen molar-refractivity contribution in [1.29, 1.82) is 0 Å². The highest BCUT2D eigenvalue weighted by Crippen LogP contribution is 2.19. The van der Waals surface area contributed by atoms with Crippen molar-refractivity contribution in [2.75, 3.05) is 5.32 Å². The van der Waals surface area contributed by atoms with Gasteiger partial charge in [0.2, 0.25) is 0 Å². The van der Waals surface area contributed by atoms with Crippen LogP contribution in [-0.4, -0.2) is 18.0 Å². The lowest BCUT2D eigenvalue weighted by atomic mass is 10.1. The molecule has 0 bridgehead atoms. The summed E-state index contributed by atoms with van der Waals surface area (Å²) in [6.45, 7) is 3.53. The van der Waals surface area contributed by atoms with Crippen LogP contribution in [0, 0.1) is 0 Å². The quantitative estimate of drug-likeness (QED) is 0.735. The van der Waals surface area contributed by atoms with Gasteiger partial charge in [0.15, 0.2) is 6.10 Å². The van der Waals surface area contributed by atoms with Crippen molar-refractivity contribution >= 4 is 29.2 Å². The maximum Gasteiger partial charge on any atom is 0.316 e. The number of rotatable bonds is 6. The first-order valence-electron chi connectivity index (χ1n) is 7.74. The largest absolute Gasteiger partial charge is 0.481 e. The number of primary amides is 1. The summed E-state index contributed by atoms with van der Waals surface area (Å²) in [5.74, 6) is 0.288. The topological polar surface area (TPSA) is 93.4 Å². The maximum absolute atomic E-state index is 12.3. The Bertz CT molecular complexity index is 749. The molecule has 25 heavy (non-hydrogen) atoms. The number of carbonyl (C=O) groups is 2. The van der Waals surface area contributed by atoms with Gasteiger partial charge in [-0.25, -0.2) is 4.79 Å². The van der Waals surface area contributed by atoms with Crippen molar-refractivity contribution < 1.29 is 14.3 Å². The lowest BCUT2D eigenvalue weighted by molar-refractivity contribution is -0.127. The summed E-state index contributed by atoms with van der Waals surface area (Å²) in [5.41, 5.74) is 6.54. The average Bonchev–Trinajstić information content (AvgIpc) is 2.54. The SMILES string of the molecule is C[C@H](Oc1cccc(Cl)c1)C(=O)N[C@@H](C)c1ccc(NC(N)=O)cc1. The fraction of sp³-hybridized carbons (Fsp3) is 0.222. The summed E-state index contributed by atoms with van der Waals surface area (Å²) in [4.78, 5) is 23.1. The number of amides is 3. The molecule has 0 saturated carbocycles. The van der Waals surface area contributed by atoms with Crippen molar-refractivity contribution in [3.63, 3.8) is 0 Å². The molecule has 0 aromatic heterocycles. The normalized spacial score (nSPS) is 12.8. The van der Waals surface area contributed by atoms with Crippen molar-refractivity contribution in [2.45, 2.75) is 26.0 Å². The lowest BCUT2D eigenvalue weighted by Gasteiger charge is -2.19. The number of halogens is 1. The second-order valence-electron chi connectivity index (χ2n) is 5.56. The lowest BCUT2D eigenvalue weighted by Crippen LogP contribution is -2.37. The fourth-order valence-electron chi connectivity index (χ4n) is 2.21. The summed E-state index contributed by atoms with van der Waals surface area (Å²) < 4.78 is 5.60. The molecule has 0 aliphatic rings. The fourth-order valence-corrected chi connectivity index (χ4v) is 2.39. The van der Waals surface area contributed by atoms with E-state index in [0.717, 1.165) is 5.56 Å². The average molecular weight is 362 g/mol. The van der Waals surface area contributed by atoms with E-state index in [0.29, 0.717) is 16.5 Å². The van der Waals surface area contributed by atoms with Crippen LogP contribution < -0.4 is 21.1 Å². The van der Waals surface area contributed by atoms with Crippen LogP contribution in [0.5, 0.6) is 5.75 Å². The predicted molar refractivity (Wildman–Crippen MR) is 97.7 cm³/mol. The third kappa shape index (κ3) is 5.69. The minimum absolute atomic E-state index is 0.222. The molecular formula is C18H20ClN3O3. The van der Waals surface area contributed by atoms with E-state index in [2.05, 4.69) is 10.6 Å². The Hall–Kier alpha value is -2.73. The number of hydrogen-bond donors (Lipinski definition) is 3. The van der Waals surface area contributed by atoms with E-state index in [4.69, 9.17) is 22.1 Å². The number of ether oxygens (including phenoxy) is 1. The molecule has 0 spiro atoms. The Labute approximate surface area is 151 Å². The van der Waals surface area contributed by atoms with E-state index in [-0.39, 0.29) is 11.9 Å². The summed E-state index contributed by atoms with van der Waals surface area (Å²) in [6, 6.07) is 13.1. The summed E-state index contributed by atoms with van der Waals surface area (Å²) in [7, 11) is 0. The van der Waals surface area contributed by atoms with Gasteiger partial charge in [-0.3, -0.25) is 4.79 Å². The number of urea groups is 1. The first kappa shape index (κ1) is 18.6. The van der Waals surface area contributed by atoms with Crippen LogP contribution in [0.4, 0.5) is 10.5 Å². The van der Waals surface area contributed by atoms with Gasteiger partial charge in [-0.05, 0) is 49.7 Å². The molecule has 0 heterocycles. The van der Waals surface area contributed by atoms with E-state index in [1.54, 1.807) is 55.5 Å². The van der Waals surface area contributed by atoms with Crippen molar-refractivity contribution in [2.24, 2.45) is 5.73 Å². The number of carbonyl (C=O) groups excluding carboxylic acids is 2. The molecule has 0 unspecified atom stereocenters. The van der Waals surface area contributed by atoms with Crippen LogP contribution in [0.3, 0.4) is 0 Å². The Balaban J connectivity index is 1.93. The molecule has 2 aromatic rings. The third-order valence-electron chi connectivity index (χ3n) is 3.52. The Morgan fingerprint density at radius 3 is 2.40 bits per heavy atom. The molecule has 7 heteroatoms. The summed E-state index contributed by atoms with van der Waals surface area (Å²) >= 11 is 5.90. The molecule has 2 aromatic carbocycles. The van der Waals surface area contributed by atoms with E-state index in [1.807, 2.05) is 6.92 Å². The first-order valence-corrected chi connectivity index (χ1v) is 8.12. The van der Waals surface area contributed by atoms with Crippen LogP contribution in [-0.2, 0) is 4.79 Å². The minimum atomic E-state index is -0.670. The van der Waals surface area contributed by atoms with Gasteiger partial charge in [0, 0.05) is 10.7 Å². The zero-order chi connectivity index (χ0) is 18.4. The standard InChI is InChI=1S/C18H20ClN3O3/c1-11(13-6-8-15(9-7-13)22-18(20)24)21-17(23)12(2)25-16-5-3-4-14(19)10-16/h3-12H,1-2H3,(H,21,23)(H3,20,22,24)/t11-,12-/m0/s1. The van der Waals surface area contributed by atoms with Gasteiger partial charge in [0.25, 0.3) is 5.91 Å². The molecule has 2 atom stereocenters. The third-order valence-corrected chi connectivity index (χ3v) is 3.75. The molecule has 0 saturated heterocycles. The van der Waals surface area contributed by atoms with Crippen molar-refractivity contribution in [1.82, 2.24) is 5.32 Å². The summed E-state index contributed by atoms with van der Waals surface area (Å²) in [6.07, 6.45) is -0.670. The van der Waals surface area contributed by atoms with Gasteiger partial charge >= 0.3 is 6.03 Å². The number of anilines is 1. The molecule has 4 N–H and O–H groups in total. The molecule has 0 aliphatic heterocycles. The van der Waals surface area contributed by atoms with Crippen LogP contribution in [0.2, 0.25) is 5.02 Å². The van der Waals surface area contributed by atoms with Gasteiger partial charge in [-0.15, -0.1) is 0 Å². The second kappa shape index (κ2) is 8.39.